The first kappa shape index (κ1) is 12.0. The van der Waals surface area contributed by atoms with Crippen LogP contribution in [0.5, 0.6) is 0 Å². The fraction of sp³-hybridized carbons (Fsp3) is 0.333. The van der Waals surface area contributed by atoms with E-state index < -0.39 is 0 Å². The van der Waals surface area contributed by atoms with Crippen LogP contribution in [0.25, 0.3) is 0 Å². The van der Waals surface area contributed by atoms with Crippen LogP contribution in [0.2, 0.25) is 0 Å². The van der Waals surface area contributed by atoms with Crippen molar-refractivity contribution in [2.24, 2.45) is 5.92 Å². The number of benzene rings is 1. The van der Waals surface area contributed by atoms with E-state index in [1.54, 1.807) is 12.4 Å². The van der Waals surface area contributed by atoms with Gasteiger partial charge in [0.25, 0.3) is 5.91 Å². The number of H-pyrrole nitrogens is 1. The Morgan fingerprint density at radius 3 is 2.95 bits per heavy atom. The van der Waals surface area contributed by atoms with Crippen molar-refractivity contribution < 1.29 is 4.79 Å². The highest BCUT2D eigenvalue weighted by Crippen LogP contribution is 2.22. The molecule has 1 aromatic heterocycles. The summed E-state index contributed by atoms with van der Waals surface area (Å²) in [7, 11) is 0. The van der Waals surface area contributed by atoms with E-state index >= 15 is 0 Å². The molecule has 1 aliphatic rings. The molecule has 1 unspecified atom stereocenters. The topological polar surface area (TPSA) is 49.0 Å². The first-order chi connectivity index (χ1) is 9.33. The highest BCUT2D eigenvalue weighted by molar-refractivity contribution is 5.93. The van der Waals surface area contributed by atoms with E-state index in [4.69, 9.17) is 0 Å². The first-order valence-electron chi connectivity index (χ1n) is 6.65. The Labute approximate surface area is 112 Å². The maximum absolute atomic E-state index is 12.2. The minimum atomic E-state index is 0.0873. The lowest BCUT2D eigenvalue weighted by molar-refractivity contribution is 0.0787. The number of nitrogens with one attached hydrogen (secondary N) is 1. The molecular formula is C15H17N3O. The minimum Gasteiger partial charge on any atom is -0.338 e. The van der Waals surface area contributed by atoms with Gasteiger partial charge in [-0.25, -0.2) is 0 Å². The van der Waals surface area contributed by atoms with Crippen molar-refractivity contribution in [1.29, 1.82) is 0 Å². The molecule has 4 nitrogen and oxygen atoms in total. The van der Waals surface area contributed by atoms with Gasteiger partial charge in [0.05, 0.1) is 11.8 Å². The number of carbonyl (C=O) groups is 1. The number of rotatable bonds is 3. The van der Waals surface area contributed by atoms with Crippen LogP contribution < -0.4 is 0 Å². The zero-order valence-electron chi connectivity index (χ0n) is 10.7. The normalized spacial score (nSPS) is 18.7. The van der Waals surface area contributed by atoms with E-state index in [1.807, 2.05) is 11.0 Å². The van der Waals surface area contributed by atoms with Crippen LogP contribution in [-0.4, -0.2) is 34.1 Å². The van der Waals surface area contributed by atoms with Gasteiger partial charge in [-0.05, 0) is 24.3 Å². The van der Waals surface area contributed by atoms with E-state index in [2.05, 4.69) is 34.5 Å². The number of hydrogen-bond acceptors (Lipinski definition) is 2. The smallest absolute Gasteiger partial charge is 0.257 e. The van der Waals surface area contributed by atoms with E-state index in [1.165, 1.54) is 5.56 Å². The van der Waals surface area contributed by atoms with Crippen molar-refractivity contribution in [3.63, 3.8) is 0 Å². The molecule has 3 rings (SSSR count). The van der Waals surface area contributed by atoms with E-state index in [0.717, 1.165) is 25.9 Å². The van der Waals surface area contributed by atoms with Gasteiger partial charge in [-0.2, -0.15) is 5.10 Å². The van der Waals surface area contributed by atoms with Crippen LogP contribution in [0.15, 0.2) is 42.7 Å². The summed E-state index contributed by atoms with van der Waals surface area (Å²) >= 11 is 0. The highest BCUT2D eigenvalue weighted by atomic mass is 16.2. The van der Waals surface area contributed by atoms with Gasteiger partial charge in [-0.3, -0.25) is 9.89 Å². The zero-order chi connectivity index (χ0) is 13.1. The average molecular weight is 255 g/mol. The van der Waals surface area contributed by atoms with Crippen LogP contribution in [0.1, 0.15) is 22.3 Å². The van der Waals surface area contributed by atoms with Crippen LogP contribution >= 0.6 is 0 Å². The molecule has 2 aromatic rings. The predicted octanol–water partition coefficient (Wildman–Crippen LogP) is 2.11. The monoisotopic (exact) mass is 255 g/mol. The summed E-state index contributed by atoms with van der Waals surface area (Å²) in [5, 5.41) is 6.52. The summed E-state index contributed by atoms with van der Waals surface area (Å²) in [6.07, 6.45) is 5.38. The maximum atomic E-state index is 12.2. The van der Waals surface area contributed by atoms with E-state index in [-0.39, 0.29) is 5.91 Å². The average Bonchev–Trinajstić information content (AvgIpc) is 3.10. The molecule has 0 bridgehead atoms. The zero-order valence-corrected chi connectivity index (χ0v) is 10.7. The Morgan fingerprint density at radius 1 is 1.37 bits per heavy atom. The highest BCUT2D eigenvalue weighted by Gasteiger charge is 2.27. The van der Waals surface area contributed by atoms with E-state index in [9.17, 15) is 4.79 Å². The van der Waals surface area contributed by atoms with Crippen LogP contribution in [0.3, 0.4) is 0 Å². The number of likely N-dealkylation sites (tertiary alicyclic amines) is 1. The van der Waals surface area contributed by atoms with Crippen LogP contribution in [0, 0.1) is 5.92 Å². The molecule has 1 aliphatic heterocycles. The largest absolute Gasteiger partial charge is 0.338 e. The second-order valence-corrected chi connectivity index (χ2v) is 5.08. The molecule has 0 spiro atoms. The minimum absolute atomic E-state index is 0.0873. The molecule has 98 valence electrons. The molecule has 1 saturated heterocycles. The summed E-state index contributed by atoms with van der Waals surface area (Å²) < 4.78 is 0. The number of aromatic nitrogens is 2. The molecule has 2 heterocycles. The molecule has 1 fully saturated rings. The Balaban J connectivity index is 1.60. The molecule has 1 amide bonds. The van der Waals surface area contributed by atoms with Gasteiger partial charge in [-0.1, -0.05) is 30.3 Å². The number of amides is 1. The fourth-order valence-corrected chi connectivity index (χ4v) is 2.68. The number of aromatic amines is 1. The van der Waals surface area contributed by atoms with Gasteiger partial charge in [-0.15, -0.1) is 0 Å². The lowest BCUT2D eigenvalue weighted by Crippen LogP contribution is -2.28. The summed E-state index contributed by atoms with van der Waals surface area (Å²) in [5.41, 5.74) is 2.01. The second-order valence-electron chi connectivity index (χ2n) is 5.08. The van der Waals surface area contributed by atoms with Gasteiger partial charge in [0.15, 0.2) is 0 Å². The second kappa shape index (κ2) is 5.26. The van der Waals surface area contributed by atoms with Gasteiger partial charge < -0.3 is 4.90 Å². The lowest BCUT2D eigenvalue weighted by atomic mass is 9.99. The Morgan fingerprint density at radius 2 is 2.21 bits per heavy atom. The summed E-state index contributed by atoms with van der Waals surface area (Å²) in [6.45, 7) is 1.69. The molecule has 1 aromatic carbocycles. The summed E-state index contributed by atoms with van der Waals surface area (Å²) in [6, 6.07) is 10.5. The van der Waals surface area contributed by atoms with Gasteiger partial charge in [0.1, 0.15) is 0 Å². The molecule has 4 heteroatoms. The molecule has 0 aliphatic carbocycles. The van der Waals surface area contributed by atoms with Crippen molar-refractivity contribution in [2.45, 2.75) is 12.8 Å². The SMILES string of the molecule is O=C(c1cn[nH]c1)N1CCC(Cc2ccccc2)C1. The van der Waals surface area contributed by atoms with Crippen LogP contribution in [0.4, 0.5) is 0 Å². The number of carbonyl (C=O) groups excluding carboxylic acids is 1. The third kappa shape index (κ3) is 2.67. The quantitative estimate of drug-likeness (QED) is 0.913. The van der Waals surface area contributed by atoms with E-state index in [0.29, 0.717) is 11.5 Å². The number of nitrogens with zero attached hydrogens (tertiary/aromatic N) is 2. The van der Waals surface area contributed by atoms with Gasteiger partial charge >= 0.3 is 0 Å². The molecule has 1 N–H and O–H groups in total. The first-order valence-corrected chi connectivity index (χ1v) is 6.65. The molecule has 0 radical (unpaired) electrons. The molecule has 0 saturated carbocycles. The maximum Gasteiger partial charge on any atom is 0.257 e. The Hall–Kier alpha value is -2.10. The summed E-state index contributed by atoms with van der Waals surface area (Å²) in [5.74, 6) is 0.655. The van der Waals surface area contributed by atoms with Crippen molar-refractivity contribution in [2.75, 3.05) is 13.1 Å². The Bertz CT molecular complexity index is 536. The van der Waals surface area contributed by atoms with Gasteiger partial charge in [0.2, 0.25) is 0 Å². The van der Waals surface area contributed by atoms with Crippen LogP contribution in [-0.2, 0) is 6.42 Å². The molecule has 19 heavy (non-hydrogen) atoms. The third-order valence-electron chi connectivity index (χ3n) is 3.69. The van der Waals surface area contributed by atoms with Crippen molar-refractivity contribution in [3.05, 3.63) is 53.9 Å². The Kier molecular flexibility index (Phi) is 3.31. The molecule has 1 atom stereocenters. The van der Waals surface area contributed by atoms with Crippen molar-refractivity contribution in [1.82, 2.24) is 15.1 Å². The van der Waals surface area contributed by atoms with Crippen molar-refractivity contribution in [3.8, 4) is 0 Å². The fourth-order valence-electron chi connectivity index (χ4n) is 2.68. The lowest BCUT2D eigenvalue weighted by Gasteiger charge is -2.15. The van der Waals surface area contributed by atoms with Crippen molar-refractivity contribution >= 4 is 5.91 Å². The predicted molar refractivity (Wildman–Crippen MR) is 72.7 cm³/mol. The van der Waals surface area contributed by atoms with Gasteiger partial charge in [0, 0.05) is 19.3 Å². The standard InChI is InChI=1S/C15H17N3O/c19-15(14-9-16-17-10-14)18-7-6-13(11-18)8-12-4-2-1-3-5-12/h1-5,9-10,13H,6-8,11H2,(H,16,17). The third-order valence-corrected chi connectivity index (χ3v) is 3.69. The number of hydrogen-bond donors (Lipinski definition) is 1. The summed E-state index contributed by atoms with van der Waals surface area (Å²) in [4.78, 5) is 14.1. The molecular weight excluding hydrogens is 238 g/mol.